The van der Waals surface area contributed by atoms with Crippen molar-refractivity contribution in [3.63, 3.8) is 0 Å². The highest BCUT2D eigenvalue weighted by Crippen LogP contribution is 2.60. The second kappa shape index (κ2) is 7.35. The molecule has 0 radical (unpaired) electrons. The fourth-order valence-electron chi connectivity index (χ4n) is 6.09. The fourth-order valence-corrected chi connectivity index (χ4v) is 6.74. The van der Waals surface area contributed by atoms with Gasteiger partial charge in [0.1, 0.15) is 11.5 Å². The van der Waals surface area contributed by atoms with E-state index in [9.17, 15) is 4.79 Å². The lowest BCUT2D eigenvalue weighted by Crippen LogP contribution is -2.48. The van der Waals surface area contributed by atoms with Crippen LogP contribution in [0.25, 0.3) is 0 Å². The smallest absolute Gasteiger partial charge is 0.277 e. The van der Waals surface area contributed by atoms with Gasteiger partial charge in [0.15, 0.2) is 5.78 Å². The maximum atomic E-state index is 12.7. The topological polar surface area (TPSA) is 74.5 Å². The molecule has 0 N–H and O–H groups in total. The molecular formula is C22H26N2O4S. The maximum absolute atomic E-state index is 12.7. The minimum atomic E-state index is -0.0379. The van der Waals surface area contributed by atoms with E-state index < -0.39 is 0 Å². The molecule has 0 unspecified atom stereocenters. The van der Waals surface area contributed by atoms with Crippen LogP contribution >= 0.6 is 11.8 Å². The number of rotatable bonds is 7. The van der Waals surface area contributed by atoms with Crippen LogP contribution in [0.3, 0.4) is 0 Å². The average molecular weight is 415 g/mol. The largest absolute Gasteiger partial charge is 0.497 e. The molecule has 2 aromatic rings. The zero-order valence-corrected chi connectivity index (χ0v) is 17.7. The molecule has 4 fully saturated rings. The molecule has 1 aromatic carbocycles. The molecule has 6 nitrogen and oxygen atoms in total. The van der Waals surface area contributed by atoms with E-state index in [0.29, 0.717) is 22.3 Å². The molecule has 4 saturated carbocycles. The third-order valence-electron chi connectivity index (χ3n) is 6.93. The van der Waals surface area contributed by atoms with Gasteiger partial charge in [0, 0.05) is 11.5 Å². The Labute approximate surface area is 174 Å². The highest BCUT2D eigenvalue weighted by atomic mass is 32.2. The van der Waals surface area contributed by atoms with E-state index in [0.717, 1.165) is 23.6 Å². The predicted molar refractivity (Wildman–Crippen MR) is 109 cm³/mol. The molecule has 7 heteroatoms. The number of carbonyl (C=O) groups is 1. The summed E-state index contributed by atoms with van der Waals surface area (Å²) in [5.41, 5.74) is 0.616. The fraction of sp³-hybridized carbons (Fsp3) is 0.591. The zero-order chi connectivity index (χ0) is 20.0. The van der Waals surface area contributed by atoms with E-state index in [1.807, 2.05) is 0 Å². The highest BCUT2D eigenvalue weighted by Gasteiger charge is 2.54. The summed E-state index contributed by atoms with van der Waals surface area (Å²) in [7, 11) is 3.14. The molecule has 0 aliphatic heterocycles. The van der Waals surface area contributed by atoms with Gasteiger partial charge in [-0.05, 0) is 68.4 Å². The predicted octanol–water partition coefficient (Wildman–Crippen LogP) is 4.53. The monoisotopic (exact) mass is 414 g/mol. The third-order valence-corrected chi connectivity index (χ3v) is 7.75. The number of benzene rings is 1. The van der Waals surface area contributed by atoms with E-state index >= 15 is 0 Å². The number of methoxy groups -OCH3 is 2. The van der Waals surface area contributed by atoms with Gasteiger partial charge in [0.25, 0.3) is 5.22 Å². The Morgan fingerprint density at radius 3 is 2.41 bits per heavy atom. The quantitative estimate of drug-likeness (QED) is 0.487. The SMILES string of the molecule is COc1ccc(C(=O)CSc2nnc(C34CC5CC(CC(C5)C3)C4)o2)c(OC)c1. The first-order valence-corrected chi connectivity index (χ1v) is 11.3. The van der Waals surface area contributed by atoms with Crippen molar-refractivity contribution in [2.24, 2.45) is 17.8 Å². The minimum absolute atomic E-state index is 0.0379. The van der Waals surface area contributed by atoms with Crippen LogP contribution in [0.2, 0.25) is 0 Å². The van der Waals surface area contributed by atoms with Gasteiger partial charge in [0.05, 0.1) is 25.5 Å². The summed E-state index contributed by atoms with van der Waals surface area (Å²) >= 11 is 1.30. The van der Waals surface area contributed by atoms with Crippen molar-refractivity contribution in [1.29, 1.82) is 0 Å². The number of ketones is 1. The lowest BCUT2D eigenvalue weighted by molar-refractivity contribution is -0.0191. The number of Topliss-reactive ketones (excluding diaryl/α,β-unsaturated/α-hetero) is 1. The van der Waals surface area contributed by atoms with Crippen LogP contribution in [-0.2, 0) is 5.41 Å². The zero-order valence-electron chi connectivity index (χ0n) is 16.8. The highest BCUT2D eigenvalue weighted by molar-refractivity contribution is 7.99. The Hall–Kier alpha value is -2.02. The van der Waals surface area contributed by atoms with Gasteiger partial charge >= 0.3 is 0 Å². The second-order valence-electron chi connectivity index (χ2n) is 8.85. The Balaban J connectivity index is 1.27. The van der Waals surface area contributed by atoms with Crippen LogP contribution in [0.1, 0.15) is 54.8 Å². The number of nitrogens with zero attached hydrogens (tertiary/aromatic N) is 2. The molecule has 4 bridgehead atoms. The summed E-state index contributed by atoms with van der Waals surface area (Å²) in [6.45, 7) is 0. The summed E-state index contributed by atoms with van der Waals surface area (Å²) < 4.78 is 16.6. The third kappa shape index (κ3) is 3.43. The molecule has 154 valence electrons. The number of hydrogen-bond acceptors (Lipinski definition) is 7. The summed E-state index contributed by atoms with van der Waals surface area (Å²) in [6.07, 6.45) is 7.71. The first-order chi connectivity index (χ1) is 14.1. The Bertz CT molecular complexity index is 890. The number of aromatic nitrogens is 2. The normalized spacial score (nSPS) is 29.8. The lowest BCUT2D eigenvalue weighted by Gasteiger charge is -2.55. The molecule has 0 saturated heterocycles. The van der Waals surface area contributed by atoms with Crippen molar-refractivity contribution in [2.75, 3.05) is 20.0 Å². The molecule has 0 atom stereocenters. The van der Waals surface area contributed by atoms with Crippen molar-refractivity contribution in [2.45, 2.75) is 49.2 Å². The van der Waals surface area contributed by atoms with Gasteiger partial charge in [-0.3, -0.25) is 4.79 Å². The summed E-state index contributed by atoms with van der Waals surface area (Å²) in [6, 6.07) is 5.21. The summed E-state index contributed by atoms with van der Waals surface area (Å²) in [5.74, 6) is 4.64. The second-order valence-corrected chi connectivity index (χ2v) is 9.78. The van der Waals surface area contributed by atoms with E-state index in [4.69, 9.17) is 13.9 Å². The number of carbonyl (C=O) groups excluding carboxylic acids is 1. The number of thioether (sulfide) groups is 1. The van der Waals surface area contributed by atoms with Gasteiger partial charge in [0.2, 0.25) is 5.89 Å². The van der Waals surface area contributed by atoms with Crippen LogP contribution in [0.4, 0.5) is 0 Å². The van der Waals surface area contributed by atoms with Crippen molar-refractivity contribution in [3.8, 4) is 11.5 Å². The first kappa shape index (κ1) is 19.0. The molecule has 0 spiro atoms. The molecule has 4 aliphatic carbocycles. The Morgan fingerprint density at radius 1 is 1.10 bits per heavy atom. The first-order valence-electron chi connectivity index (χ1n) is 10.3. The summed E-state index contributed by atoms with van der Waals surface area (Å²) in [5, 5.41) is 9.16. The molecule has 4 aliphatic rings. The Kier molecular flexibility index (Phi) is 4.81. The standard InChI is InChI=1S/C22H26N2O4S/c1-26-16-3-4-17(19(8-16)27-2)18(25)12-29-21-24-23-20(28-21)22-9-13-5-14(10-22)7-15(6-13)11-22/h3-4,8,13-15H,5-7,9-12H2,1-2H3. The van der Waals surface area contributed by atoms with Crippen LogP contribution in [0.5, 0.6) is 11.5 Å². The maximum Gasteiger partial charge on any atom is 0.277 e. The van der Waals surface area contributed by atoms with Gasteiger partial charge < -0.3 is 13.9 Å². The van der Waals surface area contributed by atoms with Crippen molar-refractivity contribution in [3.05, 3.63) is 29.7 Å². The minimum Gasteiger partial charge on any atom is -0.497 e. The molecule has 1 heterocycles. The Morgan fingerprint density at radius 2 is 1.79 bits per heavy atom. The molecule has 6 rings (SSSR count). The van der Waals surface area contributed by atoms with E-state index in [1.165, 1.54) is 50.3 Å². The van der Waals surface area contributed by atoms with Crippen molar-refractivity contribution in [1.82, 2.24) is 10.2 Å². The van der Waals surface area contributed by atoms with Crippen LogP contribution in [0.15, 0.2) is 27.8 Å². The van der Waals surface area contributed by atoms with Gasteiger partial charge in [-0.2, -0.15) is 0 Å². The van der Waals surface area contributed by atoms with Crippen LogP contribution in [-0.4, -0.2) is 36.0 Å². The van der Waals surface area contributed by atoms with E-state index in [1.54, 1.807) is 32.4 Å². The molecule has 1 aromatic heterocycles. The van der Waals surface area contributed by atoms with Gasteiger partial charge in [-0.15, -0.1) is 10.2 Å². The molecule has 0 amide bonds. The number of hydrogen-bond donors (Lipinski definition) is 0. The van der Waals surface area contributed by atoms with E-state index in [2.05, 4.69) is 10.2 Å². The lowest BCUT2D eigenvalue weighted by atomic mass is 9.49. The number of ether oxygens (including phenoxy) is 2. The van der Waals surface area contributed by atoms with Gasteiger partial charge in [-0.1, -0.05) is 11.8 Å². The van der Waals surface area contributed by atoms with Crippen LogP contribution < -0.4 is 9.47 Å². The van der Waals surface area contributed by atoms with E-state index in [-0.39, 0.29) is 17.0 Å². The van der Waals surface area contributed by atoms with Crippen molar-refractivity contribution >= 4 is 17.5 Å². The van der Waals surface area contributed by atoms with Crippen molar-refractivity contribution < 1.29 is 18.7 Å². The van der Waals surface area contributed by atoms with Gasteiger partial charge in [-0.25, -0.2) is 0 Å². The summed E-state index contributed by atoms with van der Waals surface area (Å²) in [4.78, 5) is 12.7. The molecular weight excluding hydrogens is 388 g/mol. The van der Waals surface area contributed by atoms with Crippen LogP contribution in [0, 0.1) is 17.8 Å². The average Bonchev–Trinajstić information content (AvgIpc) is 3.20. The molecule has 29 heavy (non-hydrogen) atoms.